The van der Waals surface area contributed by atoms with Crippen LogP contribution in [0.15, 0.2) is 57.7 Å². The second kappa shape index (κ2) is 7.25. The van der Waals surface area contributed by atoms with E-state index in [-0.39, 0.29) is 29.1 Å². The first-order chi connectivity index (χ1) is 13.4. The van der Waals surface area contributed by atoms with E-state index in [0.717, 1.165) is 0 Å². The Morgan fingerprint density at radius 3 is 2.50 bits per heavy atom. The zero-order valence-electron chi connectivity index (χ0n) is 14.6. The van der Waals surface area contributed by atoms with Crippen molar-refractivity contribution in [2.75, 3.05) is 6.61 Å². The molecule has 1 aliphatic rings. The maximum atomic E-state index is 12.7. The highest BCUT2D eigenvalue weighted by Gasteiger charge is 2.39. The summed E-state index contributed by atoms with van der Waals surface area (Å²) in [5, 5.41) is 39.4. The van der Waals surface area contributed by atoms with E-state index in [1.807, 2.05) is 6.07 Å². The average molecular weight is 386 g/mol. The molecule has 3 aromatic rings. The summed E-state index contributed by atoms with van der Waals surface area (Å²) in [4.78, 5) is 12.7. The van der Waals surface area contributed by atoms with Crippen LogP contribution in [0.4, 0.5) is 0 Å². The van der Waals surface area contributed by atoms with E-state index < -0.39 is 30.0 Å². The number of hydrogen-bond donors (Lipinski definition) is 4. The average Bonchev–Trinajstić information content (AvgIpc) is 2.68. The molecule has 28 heavy (non-hydrogen) atoms. The minimum Gasteiger partial charge on any atom is -0.508 e. The molecular formula is C20H18O8. The molecule has 0 amide bonds. The van der Waals surface area contributed by atoms with Crippen LogP contribution >= 0.6 is 0 Å². The van der Waals surface area contributed by atoms with Crippen molar-refractivity contribution in [1.29, 1.82) is 0 Å². The molecule has 0 aliphatic carbocycles. The fourth-order valence-corrected chi connectivity index (χ4v) is 3.08. The van der Waals surface area contributed by atoms with Crippen LogP contribution in [0.1, 0.15) is 0 Å². The smallest absolute Gasteiger partial charge is 0.228 e. The zero-order valence-corrected chi connectivity index (χ0v) is 14.6. The summed E-state index contributed by atoms with van der Waals surface area (Å²) in [6, 6.07) is 12.8. The molecule has 4 atom stereocenters. The van der Waals surface area contributed by atoms with E-state index in [9.17, 15) is 25.2 Å². The molecule has 1 aliphatic heterocycles. The fraction of sp³-hybridized carbons (Fsp3) is 0.250. The molecule has 4 N–H and O–H groups in total. The number of benzene rings is 2. The van der Waals surface area contributed by atoms with Gasteiger partial charge >= 0.3 is 0 Å². The molecule has 0 saturated carbocycles. The zero-order chi connectivity index (χ0) is 19.8. The monoisotopic (exact) mass is 386 g/mol. The van der Waals surface area contributed by atoms with Gasteiger partial charge in [-0.05, 0) is 0 Å². The van der Waals surface area contributed by atoms with E-state index in [2.05, 4.69) is 0 Å². The third kappa shape index (κ3) is 3.34. The van der Waals surface area contributed by atoms with Crippen LogP contribution in [0.2, 0.25) is 0 Å². The van der Waals surface area contributed by atoms with Gasteiger partial charge in [0.1, 0.15) is 46.5 Å². The molecule has 0 spiro atoms. The third-order valence-corrected chi connectivity index (χ3v) is 4.53. The topological polar surface area (TPSA) is 130 Å². The minimum absolute atomic E-state index is 0.0499. The number of fused-ring (bicyclic) bond motifs is 1. The van der Waals surface area contributed by atoms with Crippen LogP contribution in [0.25, 0.3) is 22.3 Å². The number of ether oxygens (including phenoxy) is 2. The molecule has 1 saturated heterocycles. The molecule has 8 nitrogen and oxygen atoms in total. The molecule has 0 radical (unpaired) electrons. The second-order valence-corrected chi connectivity index (χ2v) is 6.53. The first-order valence-electron chi connectivity index (χ1n) is 8.63. The lowest BCUT2D eigenvalue weighted by atomic mass is 10.1. The minimum atomic E-state index is -1.54. The maximum absolute atomic E-state index is 12.7. The summed E-state index contributed by atoms with van der Waals surface area (Å²) in [6.07, 6.45) is -5.61. The number of aliphatic hydroxyl groups excluding tert-OH is 3. The van der Waals surface area contributed by atoms with Gasteiger partial charge in [0.15, 0.2) is 5.43 Å². The molecule has 1 aromatic heterocycles. The Balaban J connectivity index is 1.76. The normalized spacial score (nSPS) is 25.0. The van der Waals surface area contributed by atoms with Gasteiger partial charge in [0.25, 0.3) is 0 Å². The highest BCUT2D eigenvalue weighted by atomic mass is 16.7. The van der Waals surface area contributed by atoms with Crippen LogP contribution in [-0.4, -0.2) is 51.6 Å². The molecular weight excluding hydrogens is 368 g/mol. The molecule has 0 unspecified atom stereocenters. The Morgan fingerprint density at radius 1 is 1.00 bits per heavy atom. The van der Waals surface area contributed by atoms with Gasteiger partial charge in [-0.2, -0.15) is 0 Å². The van der Waals surface area contributed by atoms with Crippen molar-refractivity contribution in [3.63, 3.8) is 0 Å². The van der Waals surface area contributed by atoms with Crippen molar-refractivity contribution in [1.82, 2.24) is 0 Å². The fourth-order valence-electron chi connectivity index (χ4n) is 3.08. The van der Waals surface area contributed by atoms with Crippen molar-refractivity contribution in [3.05, 3.63) is 58.8 Å². The van der Waals surface area contributed by atoms with Crippen molar-refractivity contribution in [3.8, 4) is 22.8 Å². The van der Waals surface area contributed by atoms with Gasteiger partial charge in [-0.25, -0.2) is 0 Å². The highest BCUT2D eigenvalue weighted by Crippen LogP contribution is 2.33. The van der Waals surface area contributed by atoms with E-state index in [1.54, 1.807) is 24.3 Å². The molecule has 0 bridgehead atoms. The molecule has 2 aromatic carbocycles. The maximum Gasteiger partial charge on any atom is 0.228 e. The van der Waals surface area contributed by atoms with Crippen LogP contribution in [0, 0.1) is 0 Å². The van der Waals surface area contributed by atoms with Gasteiger partial charge in [-0.1, -0.05) is 30.3 Å². The second-order valence-electron chi connectivity index (χ2n) is 6.53. The third-order valence-electron chi connectivity index (χ3n) is 4.53. The van der Waals surface area contributed by atoms with Crippen LogP contribution in [0.5, 0.6) is 11.5 Å². The van der Waals surface area contributed by atoms with Crippen molar-refractivity contribution in [2.24, 2.45) is 0 Å². The van der Waals surface area contributed by atoms with Crippen LogP contribution < -0.4 is 10.2 Å². The number of aromatic hydroxyl groups is 1. The lowest BCUT2D eigenvalue weighted by Crippen LogP contribution is -2.54. The lowest BCUT2D eigenvalue weighted by Gasteiger charge is -2.35. The summed E-state index contributed by atoms with van der Waals surface area (Å²) in [7, 11) is 0. The first-order valence-corrected chi connectivity index (χ1v) is 8.63. The van der Waals surface area contributed by atoms with Gasteiger partial charge < -0.3 is 34.3 Å². The van der Waals surface area contributed by atoms with Gasteiger partial charge in [-0.3, -0.25) is 4.79 Å². The summed E-state index contributed by atoms with van der Waals surface area (Å²) in [6.45, 7) is -0.258. The Labute approximate surface area is 158 Å². The summed E-state index contributed by atoms with van der Waals surface area (Å²) < 4.78 is 16.5. The van der Waals surface area contributed by atoms with Crippen LogP contribution in [-0.2, 0) is 4.74 Å². The van der Waals surface area contributed by atoms with Crippen molar-refractivity contribution < 1.29 is 34.3 Å². The van der Waals surface area contributed by atoms with Crippen molar-refractivity contribution >= 4 is 11.0 Å². The summed E-state index contributed by atoms with van der Waals surface area (Å²) >= 11 is 0. The van der Waals surface area contributed by atoms with E-state index in [4.69, 9.17) is 13.9 Å². The number of phenols is 1. The largest absolute Gasteiger partial charge is 0.508 e. The summed E-state index contributed by atoms with van der Waals surface area (Å²) in [5.74, 6) is 0.0277. The number of hydrogen-bond acceptors (Lipinski definition) is 8. The standard InChI is InChI=1S/C20H18O8/c21-11-6-15-17(12(22)8-14(27-15)10-4-2-1-3-5-10)16(7-11)28-20-19(25)18(24)13(23)9-26-20/h1-8,13,18-21,23-25H,9H2/t13-,18-,19-,20-/m1/s1. The number of aliphatic hydroxyl groups is 3. The van der Waals surface area contributed by atoms with Crippen LogP contribution in [0.3, 0.4) is 0 Å². The predicted octanol–water partition coefficient (Wildman–Crippen LogP) is 0.983. The molecule has 2 heterocycles. The predicted molar refractivity (Wildman–Crippen MR) is 98.0 cm³/mol. The quantitative estimate of drug-likeness (QED) is 0.524. The van der Waals surface area contributed by atoms with Gasteiger partial charge in [0.2, 0.25) is 6.29 Å². The van der Waals surface area contributed by atoms with Crippen molar-refractivity contribution in [2.45, 2.75) is 24.6 Å². The molecule has 146 valence electrons. The van der Waals surface area contributed by atoms with Gasteiger partial charge in [0, 0.05) is 23.8 Å². The molecule has 4 rings (SSSR count). The van der Waals surface area contributed by atoms with E-state index in [0.29, 0.717) is 11.3 Å². The van der Waals surface area contributed by atoms with Gasteiger partial charge in [-0.15, -0.1) is 0 Å². The Morgan fingerprint density at radius 2 is 1.75 bits per heavy atom. The molecule has 8 heteroatoms. The van der Waals surface area contributed by atoms with E-state index in [1.165, 1.54) is 18.2 Å². The highest BCUT2D eigenvalue weighted by molar-refractivity contribution is 5.86. The lowest BCUT2D eigenvalue weighted by molar-refractivity contribution is -0.241. The Hall–Kier alpha value is -2.91. The Bertz CT molecular complexity index is 1050. The first kappa shape index (κ1) is 18.5. The number of rotatable bonds is 3. The summed E-state index contributed by atoms with van der Waals surface area (Å²) in [5.41, 5.74) is 0.365. The SMILES string of the molecule is O=c1cc(-c2ccccc2)oc2cc(O)cc(O[C@H]3OC[C@@H](O)[C@@H](O)[C@H]3O)c12. The van der Waals surface area contributed by atoms with Gasteiger partial charge in [0.05, 0.1) is 6.61 Å². The number of phenolic OH excluding ortho intramolecular Hbond substituents is 1. The molecule has 1 fully saturated rings. The Kier molecular flexibility index (Phi) is 4.78. The van der Waals surface area contributed by atoms with E-state index >= 15 is 0 Å².